The monoisotopic (exact) mass is 537 g/mol. The minimum atomic E-state index is -0.818. The number of rotatable bonds is 9. The molecule has 3 rings (SSSR count). The maximum atomic E-state index is 15.1. The van der Waals surface area contributed by atoms with E-state index in [4.69, 9.17) is 9.47 Å². The van der Waals surface area contributed by atoms with Gasteiger partial charge in [-0.2, -0.15) is 5.10 Å². The molecule has 0 radical (unpaired) electrons. The van der Waals surface area contributed by atoms with Gasteiger partial charge in [0, 0.05) is 19.3 Å². The molecule has 204 valence electrons. The molecule has 0 spiro atoms. The number of aryl methyl sites for hydroxylation is 1. The lowest BCUT2D eigenvalue weighted by molar-refractivity contribution is 0.0284. The fraction of sp³-hybridized carbons (Fsp3) is 0.538. The van der Waals surface area contributed by atoms with E-state index in [-0.39, 0.29) is 30.2 Å². The Bertz CT molecular complexity index is 1250. The molecule has 0 saturated carbocycles. The number of nitrogens with zero attached hydrogens (tertiary/aromatic N) is 5. The fourth-order valence-electron chi connectivity index (χ4n) is 3.52. The predicted molar refractivity (Wildman–Crippen MR) is 144 cm³/mol. The van der Waals surface area contributed by atoms with Crippen LogP contribution in [0.5, 0.6) is 0 Å². The van der Waals surface area contributed by atoms with Crippen molar-refractivity contribution in [2.24, 2.45) is 0 Å². The number of ether oxygens (including phenoxy) is 2. The van der Waals surface area contributed by atoms with E-state index in [0.29, 0.717) is 23.3 Å². The smallest absolute Gasteiger partial charge is 0.410 e. The Morgan fingerprint density at radius 1 is 1.19 bits per heavy atom. The average molecular weight is 538 g/mol. The van der Waals surface area contributed by atoms with E-state index < -0.39 is 33.4 Å². The van der Waals surface area contributed by atoms with Crippen LogP contribution in [-0.4, -0.2) is 74.0 Å². The maximum Gasteiger partial charge on any atom is 0.410 e. The molecule has 0 atom stereocenters. The van der Waals surface area contributed by atoms with Gasteiger partial charge in [0.15, 0.2) is 5.82 Å². The topological polar surface area (TPSA) is 82.4 Å². The second-order valence-electron chi connectivity index (χ2n) is 10.6. The third-order valence-corrected chi connectivity index (χ3v) is 8.72. The summed E-state index contributed by atoms with van der Waals surface area (Å²) in [5.41, 5.74) is 1.01. The van der Waals surface area contributed by atoms with Crippen molar-refractivity contribution in [1.29, 1.82) is 0 Å². The third-order valence-electron chi connectivity index (χ3n) is 5.89. The molecule has 2 heterocycles. The molecule has 0 saturated heterocycles. The van der Waals surface area contributed by atoms with Crippen LogP contribution in [0.3, 0.4) is 0 Å². The molecule has 0 fully saturated rings. The summed E-state index contributed by atoms with van der Waals surface area (Å²) in [7, 11) is 0.851. The molecule has 3 aromatic rings. The van der Waals surface area contributed by atoms with E-state index in [0.717, 1.165) is 11.5 Å². The highest BCUT2D eigenvalue weighted by Gasteiger charge is 2.22. The van der Waals surface area contributed by atoms with Crippen molar-refractivity contribution in [3.05, 3.63) is 41.2 Å². The summed E-state index contributed by atoms with van der Waals surface area (Å²) in [6.45, 7) is 10.1. The first-order chi connectivity index (χ1) is 17.2. The second kappa shape index (κ2) is 11.3. The van der Waals surface area contributed by atoms with Crippen molar-refractivity contribution >= 4 is 27.2 Å². The zero-order valence-corrected chi connectivity index (χ0v) is 23.7. The number of benzene rings is 1. The summed E-state index contributed by atoms with van der Waals surface area (Å²) in [6.07, 6.45) is 5.48. The Hall–Kier alpha value is -2.79. The molecule has 0 N–H and O–H groups in total. The van der Waals surface area contributed by atoms with Crippen LogP contribution >= 0.6 is 10.0 Å². The number of hydrogen-bond donors (Lipinski definition) is 0. The molecule has 0 aliphatic carbocycles. The Morgan fingerprint density at radius 3 is 2.43 bits per heavy atom. The highest BCUT2D eigenvalue weighted by atomic mass is 32.3. The Morgan fingerprint density at radius 2 is 1.84 bits per heavy atom. The summed E-state index contributed by atoms with van der Waals surface area (Å²) in [5, 5.41) is 4.47. The normalized spacial score (nSPS) is 12.7. The van der Waals surface area contributed by atoms with Gasteiger partial charge in [-0.3, -0.25) is 0 Å². The molecule has 0 bridgehead atoms. The summed E-state index contributed by atoms with van der Waals surface area (Å²) in [4.78, 5) is 22.1. The van der Waals surface area contributed by atoms with Gasteiger partial charge in [0.25, 0.3) is 0 Å². The molecule has 0 aliphatic rings. The van der Waals surface area contributed by atoms with Gasteiger partial charge in [-0.05, 0) is 63.7 Å². The van der Waals surface area contributed by atoms with Gasteiger partial charge in [-0.1, -0.05) is 6.92 Å². The van der Waals surface area contributed by atoms with Crippen LogP contribution in [0.25, 0.3) is 22.4 Å². The number of hydrogen-bond acceptors (Lipinski definition) is 6. The molecule has 2 aromatic heterocycles. The standard InChI is InChI=1S/C26H37F2N5O3S/c1-9-37(7,8)11-10-35-16-33-21-14-29-24(30-23(21)17(2)31-33)22-19(27)12-18(13-20(22)28)15-32(6)25(34)36-26(3,4)5/h12-14H,9-11,15-16H2,1-8H3. The van der Waals surface area contributed by atoms with Crippen LogP contribution < -0.4 is 0 Å². The van der Waals surface area contributed by atoms with Gasteiger partial charge in [-0.15, -0.1) is 0 Å². The summed E-state index contributed by atoms with van der Waals surface area (Å²) < 4.78 is 42.9. The quantitative estimate of drug-likeness (QED) is 0.335. The lowest BCUT2D eigenvalue weighted by atomic mass is 10.1. The molecule has 0 unspecified atom stereocenters. The lowest BCUT2D eigenvalue weighted by Gasteiger charge is -2.29. The molecule has 1 amide bonds. The molecular formula is C26H37F2N5O3S. The molecule has 37 heavy (non-hydrogen) atoms. The largest absolute Gasteiger partial charge is 0.444 e. The van der Waals surface area contributed by atoms with Crippen molar-refractivity contribution in [3.8, 4) is 11.4 Å². The van der Waals surface area contributed by atoms with Crippen LogP contribution in [0.1, 0.15) is 39.0 Å². The van der Waals surface area contributed by atoms with Crippen molar-refractivity contribution in [2.75, 3.05) is 37.7 Å². The molecule has 0 aliphatic heterocycles. The van der Waals surface area contributed by atoms with Crippen molar-refractivity contribution in [3.63, 3.8) is 0 Å². The van der Waals surface area contributed by atoms with Crippen LogP contribution in [-0.2, 0) is 22.7 Å². The molecule has 1 aromatic carbocycles. The summed E-state index contributed by atoms with van der Waals surface area (Å²) in [6, 6.07) is 2.35. The first-order valence-electron chi connectivity index (χ1n) is 12.1. The van der Waals surface area contributed by atoms with Gasteiger partial charge < -0.3 is 14.4 Å². The van der Waals surface area contributed by atoms with Crippen LogP contribution in [0.15, 0.2) is 18.3 Å². The average Bonchev–Trinajstić information content (AvgIpc) is 3.10. The lowest BCUT2D eigenvalue weighted by Crippen LogP contribution is -2.33. The first kappa shape index (κ1) is 28.8. The Kier molecular flexibility index (Phi) is 8.79. The van der Waals surface area contributed by atoms with Crippen molar-refractivity contribution in [1.82, 2.24) is 24.6 Å². The van der Waals surface area contributed by atoms with Gasteiger partial charge >= 0.3 is 6.09 Å². The van der Waals surface area contributed by atoms with Gasteiger partial charge in [-0.25, -0.2) is 38.3 Å². The van der Waals surface area contributed by atoms with Crippen molar-refractivity contribution in [2.45, 2.75) is 53.5 Å². The van der Waals surface area contributed by atoms with Crippen LogP contribution in [0.2, 0.25) is 0 Å². The van der Waals surface area contributed by atoms with Crippen molar-refractivity contribution < 1.29 is 23.0 Å². The zero-order valence-electron chi connectivity index (χ0n) is 22.9. The van der Waals surface area contributed by atoms with E-state index in [9.17, 15) is 4.79 Å². The highest BCUT2D eigenvalue weighted by Crippen LogP contribution is 2.38. The fourth-order valence-corrected chi connectivity index (χ4v) is 4.38. The maximum absolute atomic E-state index is 15.1. The minimum absolute atomic E-state index is 0.0221. The van der Waals surface area contributed by atoms with E-state index >= 15 is 8.78 Å². The molecule has 8 nitrogen and oxygen atoms in total. The third kappa shape index (κ3) is 7.38. The minimum Gasteiger partial charge on any atom is -0.444 e. The highest BCUT2D eigenvalue weighted by molar-refractivity contribution is 8.32. The number of fused-ring (bicyclic) bond motifs is 1. The summed E-state index contributed by atoms with van der Waals surface area (Å²) in [5.74, 6) is 0.435. The number of amides is 1. The van der Waals surface area contributed by atoms with E-state index in [1.165, 1.54) is 30.3 Å². The van der Waals surface area contributed by atoms with Gasteiger partial charge in [0.2, 0.25) is 0 Å². The Labute approximate surface area is 218 Å². The zero-order chi connectivity index (χ0) is 27.5. The number of carbonyl (C=O) groups excluding carboxylic acids is 1. The van der Waals surface area contributed by atoms with Gasteiger partial charge in [0.1, 0.15) is 35.0 Å². The molecular weight excluding hydrogens is 500 g/mol. The number of carbonyl (C=O) groups is 1. The van der Waals surface area contributed by atoms with Crippen LogP contribution in [0, 0.1) is 18.6 Å². The number of halogens is 2. The SMILES string of the molecule is CCS(C)(C)CCOCn1nc(C)c2nc(-c3c(F)cc(CN(C)C(=O)OC(C)(C)C)cc3F)ncc21. The van der Waals surface area contributed by atoms with Crippen LogP contribution in [0.4, 0.5) is 13.6 Å². The van der Waals surface area contributed by atoms with E-state index in [2.05, 4.69) is 34.5 Å². The molecule has 11 heteroatoms. The summed E-state index contributed by atoms with van der Waals surface area (Å²) >= 11 is 0. The Balaban J connectivity index is 1.78. The first-order valence-corrected chi connectivity index (χ1v) is 14.9. The van der Waals surface area contributed by atoms with E-state index in [1.807, 2.05) is 0 Å². The predicted octanol–water partition coefficient (Wildman–Crippen LogP) is 5.51. The number of aromatic nitrogens is 4. The second-order valence-corrected chi connectivity index (χ2v) is 15.1. The van der Waals surface area contributed by atoms with E-state index in [1.54, 1.807) is 32.4 Å². The van der Waals surface area contributed by atoms with Gasteiger partial charge in [0.05, 0.1) is 24.1 Å².